The molecule has 1 unspecified atom stereocenters. The van der Waals surface area contributed by atoms with Crippen LogP contribution in [0.15, 0.2) is 59.7 Å². The van der Waals surface area contributed by atoms with Gasteiger partial charge in [-0.2, -0.15) is 13.2 Å². The van der Waals surface area contributed by atoms with Gasteiger partial charge in [0, 0.05) is 17.1 Å². The van der Waals surface area contributed by atoms with Gasteiger partial charge in [0.15, 0.2) is 17.8 Å². The number of hydrogen-bond acceptors (Lipinski definition) is 8. The highest BCUT2D eigenvalue weighted by molar-refractivity contribution is 6.30. The molecule has 4 N–H and O–H groups in total. The molecule has 2 heterocycles. The van der Waals surface area contributed by atoms with Crippen LogP contribution in [0, 0.1) is 0 Å². The Hall–Kier alpha value is -4.05. The molecule has 0 spiro atoms. The van der Waals surface area contributed by atoms with E-state index >= 15 is 0 Å². The Kier molecular flexibility index (Phi) is 8.68. The van der Waals surface area contributed by atoms with Crippen molar-refractivity contribution < 1.29 is 33.3 Å². The number of hydrogen-bond donors (Lipinski definition) is 4. The van der Waals surface area contributed by atoms with Crippen LogP contribution in [0.25, 0.3) is 17.1 Å². The number of aliphatic hydroxyl groups is 3. The minimum absolute atomic E-state index is 0.0525. The maximum Gasteiger partial charge on any atom is 0.416 e. The lowest BCUT2D eigenvalue weighted by atomic mass is 10.1. The van der Waals surface area contributed by atoms with Gasteiger partial charge in [0.1, 0.15) is 12.9 Å². The van der Waals surface area contributed by atoms with Gasteiger partial charge in [-0.05, 0) is 36.4 Å². The number of amides is 1. The summed E-state index contributed by atoms with van der Waals surface area (Å²) in [6.45, 7) is -2.14. The number of benzene rings is 2. The summed E-state index contributed by atoms with van der Waals surface area (Å²) in [7, 11) is 0. The summed E-state index contributed by atoms with van der Waals surface area (Å²) in [5.74, 6) is -0.626. The van der Waals surface area contributed by atoms with Gasteiger partial charge in [-0.3, -0.25) is 9.36 Å². The molecule has 0 radical (unpaired) electrons. The van der Waals surface area contributed by atoms with Crippen LogP contribution in [0.1, 0.15) is 16.2 Å². The van der Waals surface area contributed by atoms with Crippen LogP contribution in [-0.4, -0.2) is 81.9 Å². The van der Waals surface area contributed by atoms with Crippen molar-refractivity contribution in [1.82, 2.24) is 34.4 Å². The minimum Gasteiger partial charge on any atom is -0.394 e. The predicted octanol–water partition coefficient (Wildman–Crippen LogP) is 1.00. The number of nitrogens with one attached hydrogen (secondary N) is 1. The molecule has 0 bridgehead atoms. The van der Waals surface area contributed by atoms with Crippen molar-refractivity contribution in [3.63, 3.8) is 0 Å². The third kappa shape index (κ3) is 6.56. The lowest BCUT2D eigenvalue weighted by Gasteiger charge is -2.15. The second-order valence-electron chi connectivity index (χ2n) is 8.61. The van der Waals surface area contributed by atoms with Crippen molar-refractivity contribution in [2.24, 2.45) is 0 Å². The highest BCUT2D eigenvalue weighted by Crippen LogP contribution is 2.24. The molecule has 16 heteroatoms. The molecular weight excluding hydrogens is 559 g/mol. The number of aromatic nitrogens is 6. The molecule has 40 heavy (non-hydrogen) atoms. The maximum atomic E-state index is 13.1. The molecule has 4 aromatic rings. The summed E-state index contributed by atoms with van der Waals surface area (Å²) in [6.07, 6.45) is -7.64. The molecule has 0 aliphatic carbocycles. The van der Waals surface area contributed by atoms with E-state index in [-0.39, 0.29) is 30.3 Å². The molecule has 212 valence electrons. The summed E-state index contributed by atoms with van der Waals surface area (Å²) >= 11 is 5.90. The molecule has 0 fully saturated rings. The summed E-state index contributed by atoms with van der Waals surface area (Å²) in [5.41, 5.74) is -0.159. The first kappa shape index (κ1) is 28.9. The molecule has 0 saturated heterocycles. The molecule has 2 aromatic carbocycles. The number of rotatable bonds is 10. The van der Waals surface area contributed by atoms with Crippen LogP contribution in [0.5, 0.6) is 0 Å². The zero-order valence-corrected chi connectivity index (χ0v) is 21.3. The third-order valence-electron chi connectivity index (χ3n) is 5.69. The van der Waals surface area contributed by atoms with Crippen LogP contribution in [-0.2, 0) is 13.1 Å². The molecule has 12 nitrogen and oxygen atoms in total. The number of nitrogens with zero attached hydrogens (tertiary/aromatic N) is 6. The summed E-state index contributed by atoms with van der Waals surface area (Å²) in [5, 5.41) is 39.4. The van der Waals surface area contributed by atoms with Gasteiger partial charge >= 0.3 is 11.9 Å². The highest BCUT2D eigenvalue weighted by atomic mass is 35.5. The zero-order valence-electron chi connectivity index (χ0n) is 20.5. The van der Waals surface area contributed by atoms with E-state index < -0.39 is 43.1 Å². The molecular formula is C24H23ClF3N7O5. The van der Waals surface area contributed by atoms with E-state index in [2.05, 4.69) is 20.5 Å². The minimum atomic E-state index is -4.96. The average Bonchev–Trinajstić information content (AvgIpc) is 3.52. The van der Waals surface area contributed by atoms with Crippen LogP contribution in [0.3, 0.4) is 0 Å². The Balaban J connectivity index is 1.64. The first-order valence-electron chi connectivity index (χ1n) is 11.7. The van der Waals surface area contributed by atoms with Gasteiger partial charge in [0.05, 0.1) is 30.5 Å². The third-order valence-corrected chi connectivity index (χ3v) is 5.95. The summed E-state index contributed by atoms with van der Waals surface area (Å²) in [4.78, 5) is 29.8. The van der Waals surface area contributed by atoms with Crippen molar-refractivity contribution in [3.05, 3.63) is 81.8 Å². The van der Waals surface area contributed by atoms with Crippen molar-refractivity contribution in [2.45, 2.75) is 31.5 Å². The Labute approximate surface area is 228 Å². The molecule has 0 aliphatic heterocycles. The molecule has 2 atom stereocenters. The number of carbonyl (C=O) groups excluding carboxylic acids is 1. The van der Waals surface area contributed by atoms with E-state index in [1.807, 2.05) is 0 Å². The number of aliphatic hydroxyl groups excluding tert-OH is 3. The molecule has 4 rings (SSSR count). The Bertz CT molecular complexity index is 1530. The standard InChI is InChI=1S/C24H23ClF3N7O5/c25-15-7-5-14(6-8-15)21-32-34(23(40)33(21)10-19(38)24(26,27)28)11-20-30-13-35(31-20)18-4-2-1-3-17(18)22(39)29-9-16(37)12-36/h1-8,13,16,19,36-38H,9-12H2,(H,29,39)/t16?,19-/m0/s1. The number of carbonyl (C=O) groups is 1. The Morgan fingerprint density at radius 3 is 2.45 bits per heavy atom. The monoisotopic (exact) mass is 581 g/mol. The maximum absolute atomic E-state index is 13.1. The van der Waals surface area contributed by atoms with Gasteiger partial charge in [0.25, 0.3) is 5.91 Å². The van der Waals surface area contributed by atoms with Crippen molar-refractivity contribution in [2.75, 3.05) is 13.2 Å². The second-order valence-corrected chi connectivity index (χ2v) is 9.04. The van der Waals surface area contributed by atoms with Crippen molar-refractivity contribution in [3.8, 4) is 17.1 Å². The Morgan fingerprint density at radius 2 is 1.77 bits per heavy atom. The smallest absolute Gasteiger partial charge is 0.394 e. The predicted molar refractivity (Wildman–Crippen MR) is 135 cm³/mol. The average molecular weight is 582 g/mol. The van der Waals surface area contributed by atoms with Gasteiger partial charge in [0.2, 0.25) is 0 Å². The van der Waals surface area contributed by atoms with Crippen LogP contribution in [0.2, 0.25) is 5.02 Å². The molecule has 1 amide bonds. The van der Waals surface area contributed by atoms with Crippen LogP contribution in [0.4, 0.5) is 13.2 Å². The molecule has 2 aromatic heterocycles. The number of halogens is 4. The van der Waals surface area contributed by atoms with Crippen molar-refractivity contribution in [1.29, 1.82) is 0 Å². The first-order chi connectivity index (χ1) is 19.0. The fourth-order valence-corrected chi connectivity index (χ4v) is 3.78. The Morgan fingerprint density at radius 1 is 1.07 bits per heavy atom. The zero-order chi connectivity index (χ0) is 29.0. The van der Waals surface area contributed by atoms with E-state index in [0.29, 0.717) is 20.8 Å². The van der Waals surface area contributed by atoms with E-state index in [1.165, 1.54) is 41.3 Å². The molecule has 0 saturated carbocycles. The first-order valence-corrected chi connectivity index (χ1v) is 12.1. The summed E-state index contributed by atoms with van der Waals surface area (Å²) < 4.78 is 42.1. The van der Waals surface area contributed by atoms with Gasteiger partial charge in [-0.25, -0.2) is 19.1 Å². The van der Waals surface area contributed by atoms with E-state index in [1.54, 1.807) is 18.2 Å². The lowest BCUT2D eigenvalue weighted by molar-refractivity contribution is -0.207. The number of para-hydroxylation sites is 1. The summed E-state index contributed by atoms with van der Waals surface area (Å²) in [6, 6.07) is 12.2. The number of alkyl halides is 3. The fraction of sp³-hybridized carbons (Fsp3) is 0.292. The topological polar surface area (TPSA) is 160 Å². The highest BCUT2D eigenvalue weighted by Gasteiger charge is 2.39. The quantitative estimate of drug-likeness (QED) is 0.216. The fourth-order valence-electron chi connectivity index (χ4n) is 3.65. The van der Waals surface area contributed by atoms with Gasteiger partial charge in [-0.1, -0.05) is 23.7 Å². The van der Waals surface area contributed by atoms with Crippen LogP contribution >= 0.6 is 11.6 Å². The van der Waals surface area contributed by atoms with Crippen LogP contribution < -0.4 is 11.0 Å². The molecule has 0 aliphatic rings. The normalized spacial score (nSPS) is 13.3. The van der Waals surface area contributed by atoms with Gasteiger partial charge in [-0.15, -0.1) is 10.2 Å². The van der Waals surface area contributed by atoms with Gasteiger partial charge < -0.3 is 20.6 Å². The van der Waals surface area contributed by atoms with E-state index in [0.717, 1.165) is 4.68 Å². The SMILES string of the molecule is O=C(NCC(O)CO)c1ccccc1-n1cnc(Cn2nc(-c3ccc(Cl)cc3)n(C[C@H](O)C(F)(F)F)c2=O)n1. The van der Waals surface area contributed by atoms with E-state index in [9.17, 15) is 33.0 Å². The second kappa shape index (κ2) is 12.0. The lowest BCUT2D eigenvalue weighted by Crippen LogP contribution is -2.37. The van der Waals surface area contributed by atoms with E-state index in [4.69, 9.17) is 16.7 Å². The van der Waals surface area contributed by atoms with Crippen molar-refractivity contribution >= 4 is 17.5 Å². The largest absolute Gasteiger partial charge is 0.416 e.